The van der Waals surface area contributed by atoms with E-state index >= 15 is 0 Å². The van der Waals surface area contributed by atoms with E-state index in [4.69, 9.17) is 4.42 Å². The summed E-state index contributed by atoms with van der Waals surface area (Å²) in [5.74, 6) is 2.14. The molecule has 3 heteroatoms. The van der Waals surface area contributed by atoms with Crippen LogP contribution in [0.5, 0.6) is 0 Å². The van der Waals surface area contributed by atoms with Crippen LogP contribution < -0.4 is 0 Å². The number of aryl methyl sites for hydroxylation is 6. The average molecular weight is 467 g/mol. The first kappa shape index (κ1) is 20.7. The Labute approximate surface area is 202 Å². The van der Waals surface area contributed by atoms with Crippen molar-refractivity contribution in [2.24, 2.45) is 0 Å². The maximum absolute atomic E-state index is 6.16. The highest BCUT2D eigenvalue weighted by Gasteiger charge is 2.15. The first-order chi connectivity index (χ1) is 16.2. The number of hydrogen-bond acceptors (Lipinski definition) is 3. The van der Waals surface area contributed by atoms with Crippen LogP contribution in [0.25, 0.3) is 32.3 Å². The van der Waals surface area contributed by atoms with E-state index < -0.39 is 0 Å². The lowest BCUT2D eigenvalue weighted by Gasteiger charge is -1.99. The Hall–Kier alpha value is -2.88. The molecule has 0 atom stereocenters. The highest BCUT2D eigenvalue weighted by atomic mass is 32.1. The Balaban J connectivity index is 1.28. The second-order valence-corrected chi connectivity index (χ2v) is 11.2. The monoisotopic (exact) mass is 466 g/mol. The molecule has 0 amide bonds. The van der Waals surface area contributed by atoms with Crippen LogP contribution >= 0.6 is 22.7 Å². The molecule has 0 unspecified atom stereocenters. The predicted octanol–water partition coefficient (Wildman–Crippen LogP) is 9.05. The molecule has 0 radical (unpaired) electrons. The number of rotatable bonds is 6. The lowest BCUT2D eigenvalue weighted by molar-refractivity contribution is 0.489. The van der Waals surface area contributed by atoms with E-state index in [1.807, 2.05) is 22.7 Å². The van der Waals surface area contributed by atoms with Crippen molar-refractivity contribution in [2.75, 3.05) is 0 Å². The molecular formula is C30H26OS2. The highest BCUT2D eigenvalue weighted by molar-refractivity contribution is 7.14. The van der Waals surface area contributed by atoms with Gasteiger partial charge in [0.05, 0.1) is 0 Å². The van der Waals surface area contributed by atoms with Gasteiger partial charge in [-0.15, -0.1) is 22.7 Å². The van der Waals surface area contributed by atoms with Crippen LogP contribution in [-0.4, -0.2) is 0 Å². The van der Waals surface area contributed by atoms with Crippen LogP contribution in [0.3, 0.4) is 0 Å². The summed E-state index contributed by atoms with van der Waals surface area (Å²) in [5, 5.41) is 8.18. The van der Waals surface area contributed by atoms with E-state index in [0.29, 0.717) is 0 Å². The van der Waals surface area contributed by atoms with Crippen molar-refractivity contribution in [2.45, 2.75) is 39.5 Å². The summed E-state index contributed by atoms with van der Waals surface area (Å²) >= 11 is 3.96. The maximum atomic E-state index is 6.16. The molecule has 0 spiro atoms. The van der Waals surface area contributed by atoms with Gasteiger partial charge in [-0.3, -0.25) is 0 Å². The molecule has 164 valence electrons. The molecule has 6 aromatic rings. The fraction of sp³-hybridized carbons (Fsp3) is 0.200. The molecule has 0 N–H and O–H groups in total. The Morgan fingerprint density at radius 3 is 1.61 bits per heavy atom. The standard InChI is InChI=1S/C30H26OS2/c1-19-21-9-3-5-11-23(21)27(31-19)15-16-29-25-13-7-8-14-26(25)30(33-29)18-17-28-24-12-6-4-10-22(24)20(2)32-28/h3-14H,15-18H2,1-2H3. The zero-order chi connectivity index (χ0) is 22.4. The van der Waals surface area contributed by atoms with Gasteiger partial charge in [-0.05, 0) is 54.7 Å². The molecule has 3 aromatic carbocycles. The molecule has 3 aromatic heterocycles. The van der Waals surface area contributed by atoms with Crippen LogP contribution in [0, 0.1) is 13.8 Å². The Morgan fingerprint density at radius 2 is 0.970 bits per heavy atom. The van der Waals surface area contributed by atoms with Gasteiger partial charge in [0, 0.05) is 36.7 Å². The van der Waals surface area contributed by atoms with E-state index in [1.54, 1.807) is 0 Å². The maximum Gasteiger partial charge on any atom is 0.112 e. The predicted molar refractivity (Wildman–Crippen MR) is 144 cm³/mol. The number of hydrogen-bond donors (Lipinski definition) is 0. The van der Waals surface area contributed by atoms with Crippen molar-refractivity contribution in [3.8, 4) is 0 Å². The summed E-state index contributed by atoms with van der Waals surface area (Å²) < 4.78 is 6.16. The first-order valence-electron chi connectivity index (χ1n) is 11.6. The third kappa shape index (κ3) is 3.70. The third-order valence-corrected chi connectivity index (χ3v) is 9.24. The topological polar surface area (TPSA) is 13.1 Å². The highest BCUT2D eigenvalue weighted by Crippen LogP contribution is 2.36. The van der Waals surface area contributed by atoms with Crippen LogP contribution in [0.2, 0.25) is 0 Å². The number of fused-ring (bicyclic) bond motifs is 3. The molecule has 0 aliphatic heterocycles. The Kier molecular flexibility index (Phi) is 5.32. The van der Waals surface area contributed by atoms with Crippen molar-refractivity contribution in [3.63, 3.8) is 0 Å². The molecule has 0 aliphatic rings. The van der Waals surface area contributed by atoms with Gasteiger partial charge in [-0.2, -0.15) is 0 Å². The zero-order valence-corrected chi connectivity index (χ0v) is 20.6. The van der Waals surface area contributed by atoms with Gasteiger partial charge in [0.1, 0.15) is 11.5 Å². The minimum absolute atomic E-state index is 0.938. The molecule has 0 aliphatic carbocycles. The summed E-state index contributed by atoms with van der Waals surface area (Å²) in [6.07, 6.45) is 4.15. The van der Waals surface area contributed by atoms with Gasteiger partial charge >= 0.3 is 0 Å². The van der Waals surface area contributed by atoms with Crippen LogP contribution in [0.1, 0.15) is 31.0 Å². The molecule has 3 heterocycles. The van der Waals surface area contributed by atoms with Crippen molar-refractivity contribution in [1.82, 2.24) is 0 Å². The lowest BCUT2D eigenvalue weighted by Crippen LogP contribution is -1.88. The molecular weight excluding hydrogens is 440 g/mol. The van der Waals surface area contributed by atoms with Crippen molar-refractivity contribution in [3.05, 3.63) is 104 Å². The molecule has 6 rings (SSSR count). The van der Waals surface area contributed by atoms with Crippen LogP contribution in [0.4, 0.5) is 0 Å². The van der Waals surface area contributed by atoms with Gasteiger partial charge in [-0.25, -0.2) is 0 Å². The number of benzene rings is 3. The van der Waals surface area contributed by atoms with E-state index in [2.05, 4.69) is 86.6 Å². The molecule has 0 bridgehead atoms. The lowest BCUT2D eigenvalue weighted by atomic mass is 10.0. The van der Waals surface area contributed by atoms with Gasteiger partial charge in [0.2, 0.25) is 0 Å². The smallest absolute Gasteiger partial charge is 0.112 e. The number of furan rings is 1. The van der Waals surface area contributed by atoms with Crippen molar-refractivity contribution < 1.29 is 4.42 Å². The normalized spacial score (nSPS) is 11.8. The summed E-state index contributed by atoms with van der Waals surface area (Å²) in [6.45, 7) is 4.32. The van der Waals surface area contributed by atoms with E-state index in [1.165, 1.54) is 51.8 Å². The van der Waals surface area contributed by atoms with Gasteiger partial charge in [0.25, 0.3) is 0 Å². The van der Waals surface area contributed by atoms with Crippen LogP contribution in [-0.2, 0) is 25.7 Å². The number of thiophene rings is 2. The average Bonchev–Trinajstić information content (AvgIpc) is 3.48. The first-order valence-corrected chi connectivity index (χ1v) is 13.3. The largest absolute Gasteiger partial charge is 0.465 e. The van der Waals surface area contributed by atoms with Gasteiger partial charge in [0.15, 0.2) is 0 Å². The fourth-order valence-corrected chi connectivity index (χ4v) is 7.51. The van der Waals surface area contributed by atoms with Crippen molar-refractivity contribution >= 4 is 55.0 Å². The Bertz CT molecular complexity index is 1480. The second-order valence-electron chi connectivity index (χ2n) is 8.75. The van der Waals surface area contributed by atoms with Crippen molar-refractivity contribution in [1.29, 1.82) is 0 Å². The minimum atomic E-state index is 0.938. The third-order valence-electron chi connectivity index (χ3n) is 6.70. The molecule has 0 saturated carbocycles. The van der Waals surface area contributed by atoms with E-state index in [-0.39, 0.29) is 0 Å². The van der Waals surface area contributed by atoms with Gasteiger partial charge < -0.3 is 4.42 Å². The summed E-state index contributed by atoms with van der Waals surface area (Å²) in [4.78, 5) is 5.93. The molecule has 33 heavy (non-hydrogen) atoms. The summed E-state index contributed by atoms with van der Waals surface area (Å²) in [6, 6.07) is 26.3. The molecule has 1 nitrogen and oxygen atoms in total. The summed E-state index contributed by atoms with van der Waals surface area (Å²) in [7, 11) is 0. The van der Waals surface area contributed by atoms with Gasteiger partial charge in [-0.1, -0.05) is 72.8 Å². The Morgan fingerprint density at radius 1 is 0.515 bits per heavy atom. The minimum Gasteiger partial charge on any atom is -0.465 e. The van der Waals surface area contributed by atoms with E-state index in [0.717, 1.165) is 37.2 Å². The molecule has 0 saturated heterocycles. The van der Waals surface area contributed by atoms with Crippen LogP contribution in [0.15, 0.2) is 77.2 Å². The SMILES string of the molecule is Cc1oc(CCc2sc(CCc3sc(C)c4ccccc34)c3ccccc23)c2ccccc12. The quantitative estimate of drug-likeness (QED) is 0.239. The summed E-state index contributed by atoms with van der Waals surface area (Å²) in [5.41, 5.74) is 0. The molecule has 0 fully saturated rings. The van der Waals surface area contributed by atoms with E-state index in [9.17, 15) is 0 Å². The second kappa shape index (κ2) is 8.48. The fourth-order valence-electron chi connectivity index (χ4n) is 5.08. The zero-order valence-electron chi connectivity index (χ0n) is 19.0.